The quantitative estimate of drug-likeness (QED) is 0.669. The van der Waals surface area contributed by atoms with Crippen molar-refractivity contribution >= 4 is 0 Å². The van der Waals surface area contributed by atoms with Crippen molar-refractivity contribution in [3.05, 3.63) is 12.2 Å². The fourth-order valence-electron chi connectivity index (χ4n) is 3.85. The molecule has 0 saturated heterocycles. The first-order chi connectivity index (χ1) is 7.45. The zero-order valence-corrected chi connectivity index (χ0v) is 11.0. The number of hydrogen-bond donors (Lipinski definition) is 1. The molecule has 2 aliphatic carbocycles. The second-order valence-electron chi connectivity index (χ2n) is 6.56. The van der Waals surface area contributed by atoms with Crippen LogP contribution in [0.15, 0.2) is 12.2 Å². The van der Waals surface area contributed by atoms with Crippen molar-refractivity contribution in [3.8, 4) is 0 Å². The maximum atomic E-state index is 10.5. The molecule has 92 valence electrons. The van der Waals surface area contributed by atoms with Gasteiger partial charge in [-0.3, -0.25) is 0 Å². The molecule has 1 heteroatoms. The summed E-state index contributed by atoms with van der Waals surface area (Å²) in [4.78, 5) is 0. The van der Waals surface area contributed by atoms with Gasteiger partial charge in [-0.2, -0.15) is 0 Å². The Hall–Kier alpha value is -0.300. The van der Waals surface area contributed by atoms with Crippen LogP contribution >= 0.6 is 0 Å². The minimum absolute atomic E-state index is 0.115. The summed E-state index contributed by atoms with van der Waals surface area (Å²) in [5, 5.41) is 10.5. The van der Waals surface area contributed by atoms with Crippen molar-refractivity contribution in [2.75, 3.05) is 0 Å². The average molecular weight is 222 g/mol. The summed E-state index contributed by atoms with van der Waals surface area (Å²) in [6.45, 7) is 11.1. The van der Waals surface area contributed by atoms with E-state index in [0.717, 1.165) is 6.42 Å². The monoisotopic (exact) mass is 222 g/mol. The van der Waals surface area contributed by atoms with Gasteiger partial charge in [0.15, 0.2) is 0 Å². The molecule has 2 aliphatic rings. The molecule has 0 aliphatic heterocycles. The molecular formula is C15H26O. The molecule has 1 N–H and O–H groups in total. The second kappa shape index (κ2) is 4.18. The van der Waals surface area contributed by atoms with Gasteiger partial charge < -0.3 is 5.11 Å². The van der Waals surface area contributed by atoms with Gasteiger partial charge in [0, 0.05) is 5.41 Å². The van der Waals surface area contributed by atoms with Gasteiger partial charge in [0.05, 0.1) is 6.10 Å². The highest BCUT2D eigenvalue weighted by Gasteiger charge is 2.48. The van der Waals surface area contributed by atoms with Crippen molar-refractivity contribution in [1.29, 1.82) is 0 Å². The lowest BCUT2D eigenvalue weighted by atomic mass is 9.54. The normalized spacial score (nSPS) is 44.6. The van der Waals surface area contributed by atoms with E-state index in [1.54, 1.807) is 0 Å². The van der Waals surface area contributed by atoms with Crippen molar-refractivity contribution < 1.29 is 5.11 Å². The summed E-state index contributed by atoms with van der Waals surface area (Å²) < 4.78 is 0. The van der Waals surface area contributed by atoms with E-state index in [1.807, 2.05) is 0 Å². The fourth-order valence-corrected chi connectivity index (χ4v) is 3.85. The Kier molecular flexibility index (Phi) is 3.18. The van der Waals surface area contributed by atoms with E-state index in [0.29, 0.717) is 17.8 Å². The molecule has 0 radical (unpaired) electrons. The van der Waals surface area contributed by atoms with Crippen LogP contribution in [0, 0.1) is 23.2 Å². The lowest BCUT2D eigenvalue weighted by Crippen LogP contribution is -2.48. The van der Waals surface area contributed by atoms with Gasteiger partial charge in [-0.25, -0.2) is 0 Å². The van der Waals surface area contributed by atoms with Crippen LogP contribution in [0.2, 0.25) is 0 Å². The summed E-state index contributed by atoms with van der Waals surface area (Å²) in [6, 6.07) is 0. The van der Waals surface area contributed by atoms with Crippen molar-refractivity contribution in [1.82, 2.24) is 0 Å². The largest absolute Gasteiger partial charge is 0.393 e. The Bertz CT molecular complexity index is 281. The van der Waals surface area contributed by atoms with E-state index in [2.05, 4.69) is 27.4 Å². The highest BCUT2D eigenvalue weighted by Crippen LogP contribution is 2.54. The van der Waals surface area contributed by atoms with Crippen LogP contribution in [0.25, 0.3) is 0 Å². The van der Waals surface area contributed by atoms with E-state index < -0.39 is 0 Å². The van der Waals surface area contributed by atoms with Crippen LogP contribution in [0.4, 0.5) is 0 Å². The van der Waals surface area contributed by atoms with Crippen LogP contribution in [0.1, 0.15) is 52.9 Å². The van der Waals surface area contributed by atoms with Gasteiger partial charge in [0.1, 0.15) is 0 Å². The van der Waals surface area contributed by atoms with E-state index in [4.69, 9.17) is 0 Å². The predicted octanol–water partition coefficient (Wildman–Crippen LogP) is 3.78. The van der Waals surface area contributed by atoms with Gasteiger partial charge >= 0.3 is 0 Å². The third kappa shape index (κ3) is 1.84. The van der Waals surface area contributed by atoms with Crippen molar-refractivity contribution in [2.24, 2.45) is 23.2 Å². The van der Waals surface area contributed by atoms with E-state index in [9.17, 15) is 5.11 Å². The first-order valence-electron chi connectivity index (χ1n) is 6.81. The maximum absolute atomic E-state index is 10.5. The van der Waals surface area contributed by atoms with Gasteiger partial charge in [-0.15, -0.1) is 0 Å². The van der Waals surface area contributed by atoms with Crippen LogP contribution in [0.5, 0.6) is 0 Å². The molecule has 0 aromatic carbocycles. The lowest BCUT2D eigenvalue weighted by molar-refractivity contribution is -0.0729. The summed E-state index contributed by atoms with van der Waals surface area (Å²) >= 11 is 0. The minimum Gasteiger partial charge on any atom is -0.393 e. The van der Waals surface area contributed by atoms with Gasteiger partial charge in [-0.05, 0) is 49.9 Å². The highest BCUT2D eigenvalue weighted by molar-refractivity contribution is 5.14. The van der Waals surface area contributed by atoms with Gasteiger partial charge in [-0.1, -0.05) is 32.9 Å². The Labute approximate surface area is 99.9 Å². The van der Waals surface area contributed by atoms with Crippen LogP contribution in [-0.4, -0.2) is 11.2 Å². The molecule has 0 spiro atoms. The lowest BCUT2D eigenvalue weighted by Gasteiger charge is -2.52. The van der Waals surface area contributed by atoms with Crippen LogP contribution in [-0.2, 0) is 0 Å². The molecule has 0 unspecified atom stereocenters. The first-order valence-corrected chi connectivity index (χ1v) is 6.81. The topological polar surface area (TPSA) is 20.2 Å². The van der Waals surface area contributed by atoms with Gasteiger partial charge in [0.25, 0.3) is 0 Å². The zero-order chi connectivity index (χ0) is 11.9. The average Bonchev–Trinajstić information content (AvgIpc) is 2.20. The molecular weight excluding hydrogens is 196 g/mol. The smallest absolute Gasteiger partial charge is 0.0602 e. The van der Waals surface area contributed by atoms with Crippen molar-refractivity contribution in [3.63, 3.8) is 0 Å². The van der Waals surface area contributed by atoms with E-state index in [-0.39, 0.29) is 11.5 Å². The molecule has 16 heavy (non-hydrogen) atoms. The molecule has 2 saturated carbocycles. The Morgan fingerprint density at radius 1 is 1.38 bits per heavy atom. The number of allylic oxidation sites excluding steroid dienone is 1. The number of rotatable bonds is 1. The second-order valence-corrected chi connectivity index (χ2v) is 6.56. The van der Waals surface area contributed by atoms with E-state index >= 15 is 0 Å². The standard InChI is InChI=1S/C15H26O/c1-10(2)12-8-13-11(3)6-5-7-15(13,4)14(16)9-12/h10,12-14,16H,3,5-9H2,1-2,4H3/t12-,13-,14-,15-/m0/s1. The Morgan fingerprint density at radius 3 is 2.69 bits per heavy atom. The molecule has 0 aromatic rings. The van der Waals surface area contributed by atoms with Crippen LogP contribution in [0.3, 0.4) is 0 Å². The molecule has 0 heterocycles. The number of aliphatic hydroxyl groups is 1. The Balaban J connectivity index is 2.22. The summed E-state index contributed by atoms with van der Waals surface area (Å²) in [5.41, 5.74) is 1.53. The molecule has 2 rings (SSSR count). The number of fused-ring (bicyclic) bond motifs is 1. The van der Waals surface area contributed by atoms with Crippen LogP contribution < -0.4 is 0 Å². The number of hydrogen-bond acceptors (Lipinski definition) is 1. The summed E-state index contributed by atoms with van der Waals surface area (Å²) in [7, 11) is 0. The Morgan fingerprint density at radius 2 is 2.06 bits per heavy atom. The molecule has 1 nitrogen and oxygen atoms in total. The number of aliphatic hydroxyl groups excluding tert-OH is 1. The molecule has 0 amide bonds. The molecule has 4 atom stereocenters. The SMILES string of the molecule is C=C1CCC[C@]2(C)[C@@H](O)C[C@@H](C(C)C)C[C@@H]12. The molecule has 0 bridgehead atoms. The van der Waals surface area contributed by atoms with E-state index in [1.165, 1.54) is 31.3 Å². The minimum atomic E-state index is -0.115. The molecule has 0 aromatic heterocycles. The first kappa shape index (κ1) is 12.2. The zero-order valence-electron chi connectivity index (χ0n) is 11.0. The predicted molar refractivity (Wildman–Crippen MR) is 68.2 cm³/mol. The van der Waals surface area contributed by atoms with Gasteiger partial charge in [0.2, 0.25) is 0 Å². The highest BCUT2D eigenvalue weighted by atomic mass is 16.3. The van der Waals surface area contributed by atoms with Crippen molar-refractivity contribution in [2.45, 2.75) is 59.0 Å². The third-order valence-electron chi connectivity index (χ3n) is 5.27. The fraction of sp³-hybridized carbons (Fsp3) is 0.867. The third-order valence-corrected chi connectivity index (χ3v) is 5.27. The maximum Gasteiger partial charge on any atom is 0.0602 e. The molecule has 2 fully saturated rings. The summed E-state index contributed by atoms with van der Waals surface area (Å²) in [5.74, 6) is 1.94. The summed E-state index contributed by atoms with van der Waals surface area (Å²) in [6.07, 6.45) is 5.72.